The van der Waals surface area contributed by atoms with Gasteiger partial charge in [0.15, 0.2) is 0 Å². The molecule has 0 aliphatic carbocycles. The first kappa shape index (κ1) is 9.99. The van der Waals surface area contributed by atoms with Gasteiger partial charge < -0.3 is 10.5 Å². The molecule has 0 saturated heterocycles. The Morgan fingerprint density at radius 3 is 2.82 bits per heavy atom. The van der Waals surface area contributed by atoms with E-state index >= 15 is 0 Å². The second-order valence-corrected chi connectivity index (χ2v) is 2.01. The Balaban J connectivity index is 3.63. The summed E-state index contributed by atoms with van der Waals surface area (Å²) in [6.45, 7) is 3.84. The molecule has 2 N–H and O–H groups in total. The molecule has 0 aromatic rings. The maximum absolute atomic E-state index is 10.8. The maximum atomic E-state index is 10.8. The average molecular weight is 155 g/mol. The third-order valence-electron chi connectivity index (χ3n) is 1.02. The van der Waals surface area contributed by atoms with Crippen LogP contribution in [-0.4, -0.2) is 18.6 Å². The lowest BCUT2D eigenvalue weighted by Gasteiger charge is -2.02. The SMILES string of the molecule is CC#CC(N)CC(=O)OCC. The van der Waals surface area contributed by atoms with Gasteiger partial charge in [0.1, 0.15) is 0 Å². The zero-order chi connectivity index (χ0) is 8.69. The lowest BCUT2D eigenvalue weighted by atomic mass is 10.2. The van der Waals surface area contributed by atoms with E-state index in [0.717, 1.165) is 0 Å². The minimum Gasteiger partial charge on any atom is -0.466 e. The number of carbonyl (C=O) groups is 1. The Hall–Kier alpha value is -1.01. The van der Waals surface area contributed by atoms with E-state index in [0.29, 0.717) is 6.61 Å². The largest absolute Gasteiger partial charge is 0.466 e. The van der Waals surface area contributed by atoms with Gasteiger partial charge in [0, 0.05) is 0 Å². The summed E-state index contributed by atoms with van der Waals surface area (Å²) >= 11 is 0. The van der Waals surface area contributed by atoms with Crippen molar-refractivity contribution in [3.63, 3.8) is 0 Å². The Morgan fingerprint density at radius 1 is 1.73 bits per heavy atom. The Kier molecular flexibility index (Phi) is 5.22. The monoisotopic (exact) mass is 155 g/mol. The molecule has 1 unspecified atom stereocenters. The van der Waals surface area contributed by atoms with Gasteiger partial charge in [-0.1, -0.05) is 5.92 Å². The lowest BCUT2D eigenvalue weighted by Crippen LogP contribution is -2.23. The molecule has 0 radical (unpaired) electrons. The van der Waals surface area contributed by atoms with Crippen LogP contribution in [0.3, 0.4) is 0 Å². The number of hydrogen-bond acceptors (Lipinski definition) is 3. The second-order valence-electron chi connectivity index (χ2n) is 2.01. The molecule has 0 amide bonds. The molecule has 3 heteroatoms. The molecule has 3 nitrogen and oxygen atoms in total. The van der Waals surface area contributed by atoms with Crippen LogP contribution in [-0.2, 0) is 9.53 Å². The van der Waals surface area contributed by atoms with Crippen molar-refractivity contribution in [3.8, 4) is 11.8 Å². The van der Waals surface area contributed by atoms with E-state index in [9.17, 15) is 4.79 Å². The van der Waals surface area contributed by atoms with Crippen molar-refractivity contribution in [3.05, 3.63) is 0 Å². The van der Waals surface area contributed by atoms with E-state index in [1.54, 1.807) is 13.8 Å². The van der Waals surface area contributed by atoms with E-state index in [1.165, 1.54) is 0 Å². The first-order chi connectivity index (χ1) is 5.20. The number of ether oxygens (including phenoxy) is 1. The van der Waals surface area contributed by atoms with Gasteiger partial charge in [-0.15, -0.1) is 5.92 Å². The van der Waals surface area contributed by atoms with E-state index in [1.807, 2.05) is 0 Å². The summed E-state index contributed by atoms with van der Waals surface area (Å²) in [6, 6.07) is -0.390. The topological polar surface area (TPSA) is 52.3 Å². The second kappa shape index (κ2) is 5.75. The van der Waals surface area contributed by atoms with E-state index in [4.69, 9.17) is 5.73 Å². The lowest BCUT2D eigenvalue weighted by molar-refractivity contribution is -0.143. The molecular weight excluding hydrogens is 142 g/mol. The van der Waals surface area contributed by atoms with Crippen LogP contribution in [0.4, 0.5) is 0 Å². The fraction of sp³-hybridized carbons (Fsp3) is 0.625. The molecule has 11 heavy (non-hydrogen) atoms. The summed E-state index contributed by atoms with van der Waals surface area (Å²) in [7, 11) is 0. The highest BCUT2D eigenvalue weighted by Crippen LogP contribution is 1.89. The number of carbonyl (C=O) groups excluding carboxylic acids is 1. The highest BCUT2D eigenvalue weighted by Gasteiger charge is 2.06. The van der Waals surface area contributed by atoms with Gasteiger partial charge in [0.25, 0.3) is 0 Å². The van der Waals surface area contributed by atoms with Gasteiger partial charge in [-0.25, -0.2) is 0 Å². The van der Waals surface area contributed by atoms with Crippen LogP contribution in [0.2, 0.25) is 0 Å². The van der Waals surface area contributed by atoms with Crippen LogP contribution in [0.1, 0.15) is 20.3 Å². The standard InChI is InChI=1S/C8H13NO2/c1-3-5-7(9)6-8(10)11-4-2/h7H,4,6,9H2,1-2H3. The molecule has 0 rings (SSSR count). The normalized spacial score (nSPS) is 11.2. The van der Waals surface area contributed by atoms with Crippen LogP contribution in [0.5, 0.6) is 0 Å². The summed E-state index contributed by atoms with van der Waals surface area (Å²) in [5.74, 6) is 5.00. The molecule has 0 bridgehead atoms. The Morgan fingerprint density at radius 2 is 2.36 bits per heavy atom. The first-order valence-corrected chi connectivity index (χ1v) is 3.54. The van der Waals surface area contributed by atoms with E-state index in [2.05, 4.69) is 16.6 Å². The minimum absolute atomic E-state index is 0.175. The van der Waals surface area contributed by atoms with Crippen LogP contribution in [0, 0.1) is 11.8 Å². The van der Waals surface area contributed by atoms with E-state index < -0.39 is 0 Å². The minimum atomic E-state index is -0.390. The van der Waals surface area contributed by atoms with Gasteiger partial charge in [0.05, 0.1) is 19.1 Å². The van der Waals surface area contributed by atoms with Crippen LogP contribution >= 0.6 is 0 Å². The quantitative estimate of drug-likeness (QED) is 0.471. The summed E-state index contributed by atoms with van der Waals surface area (Å²) in [5, 5.41) is 0. The zero-order valence-corrected chi connectivity index (χ0v) is 6.89. The van der Waals surface area contributed by atoms with Crippen LogP contribution < -0.4 is 5.73 Å². The fourth-order valence-electron chi connectivity index (χ4n) is 0.636. The van der Waals surface area contributed by atoms with Crippen molar-refractivity contribution in [2.45, 2.75) is 26.3 Å². The molecule has 0 saturated carbocycles. The number of rotatable bonds is 3. The molecule has 0 spiro atoms. The average Bonchev–Trinajstić information content (AvgIpc) is 1.87. The van der Waals surface area contributed by atoms with Crippen molar-refractivity contribution in [1.82, 2.24) is 0 Å². The molecule has 0 aromatic carbocycles. The van der Waals surface area contributed by atoms with Gasteiger partial charge in [-0.2, -0.15) is 0 Å². The van der Waals surface area contributed by atoms with Crippen molar-refractivity contribution in [2.24, 2.45) is 5.73 Å². The molecular formula is C8H13NO2. The van der Waals surface area contributed by atoms with Gasteiger partial charge >= 0.3 is 5.97 Å². The molecule has 0 aliphatic rings. The highest BCUT2D eigenvalue weighted by atomic mass is 16.5. The van der Waals surface area contributed by atoms with Gasteiger partial charge in [-0.05, 0) is 13.8 Å². The highest BCUT2D eigenvalue weighted by molar-refractivity contribution is 5.70. The first-order valence-electron chi connectivity index (χ1n) is 3.54. The molecule has 1 atom stereocenters. The Bertz CT molecular complexity index is 178. The molecule has 62 valence electrons. The van der Waals surface area contributed by atoms with Crippen molar-refractivity contribution < 1.29 is 9.53 Å². The third kappa shape index (κ3) is 5.43. The molecule has 0 fully saturated rings. The predicted molar refractivity (Wildman–Crippen MR) is 42.7 cm³/mol. The van der Waals surface area contributed by atoms with Gasteiger partial charge in [0.2, 0.25) is 0 Å². The summed E-state index contributed by atoms with van der Waals surface area (Å²) in [4.78, 5) is 10.8. The number of nitrogens with two attached hydrogens (primary N) is 1. The smallest absolute Gasteiger partial charge is 0.308 e. The van der Waals surface area contributed by atoms with Crippen molar-refractivity contribution in [1.29, 1.82) is 0 Å². The summed E-state index contributed by atoms with van der Waals surface area (Å²) in [5.41, 5.74) is 5.44. The summed E-state index contributed by atoms with van der Waals surface area (Å²) < 4.78 is 4.67. The van der Waals surface area contributed by atoms with Crippen LogP contribution in [0.15, 0.2) is 0 Å². The molecule has 0 aromatic heterocycles. The summed E-state index contributed by atoms with van der Waals surface area (Å²) in [6.07, 6.45) is 0.175. The van der Waals surface area contributed by atoms with E-state index in [-0.39, 0.29) is 18.4 Å². The van der Waals surface area contributed by atoms with Crippen molar-refractivity contribution >= 4 is 5.97 Å². The third-order valence-corrected chi connectivity index (χ3v) is 1.02. The van der Waals surface area contributed by atoms with Crippen LogP contribution in [0.25, 0.3) is 0 Å². The molecule has 0 heterocycles. The van der Waals surface area contributed by atoms with Crippen molar-refractivity contribution in [2.75, 3.05) is 6.61 Å². The Labute approximate surface area is 66.9 Å². The molecule has 0 aliphatic heterocycles. The van der Waals surface area contributed by atoms with Gasteiger partial charge in [-0.3, -0.25) is 4.79 Å². The fourth-order valence-corrected chi connectivity index (χ4v) is 0.636. The maximum Gasteiger partial charge on any atom is 0.308 e. The predicted octanol–water partition coefficient (Wildman–Crippen LogP) is 0.290. The zero-order valence-electron chi connectivity index (χ0n) is 6.89. The number of hydrogen-bond donors (Lipinski definition) is 1. The number of esters is 1.